The minimum atomic E-state index is -0.156. The first-order valence-corrected chi connectivity index (χ1v) is 10.5. The molecule has 0 heteroatoms. The Balaban J connectivity index is 1.81. The van der Waals surface area contributed by atoms with Crippen molar-refractivity contribution >= 4 is 0 Å². The Bertz CT molecular complexity index is 1190. The third-order valence-electron chi connectivity index (χ3n) is 7.39. The van der Waals surface area contributed by atoms with Crippen LogP contribution < -0.4 is 0 Å². The summed E-state index contributed by atoms with van der Waals surface area (Å²) in [7, 11) is 0. The first kappa shape index (κ1) is 16.8. The van der Waals surface area contributed by atoms with Gasteiger partial charge in [0.2, 0.25) is 0 Å². The molecule has 0 saturated carbocycles. The summed E-state index contributed by atoms with van der Waals surface area (Å²) in [5, 5.41) is 0. The van der Waals surface area contributed by atoms with Crippen molar-refractivity contribution in [3.63, 3.8) is 0 Å². The smallest absolute Gasteiger partial charge is 0.0540 e. The molecular weight excluding hydrogens is 348 g/mol. The molecule has 0 N–H and O–H groups in total. The third-order valence-corrected chi connectivity index (χ3v) is 7.39. The second-order valence-corrected chi connectivity index (χ2v) is 8.83. The molecule has 1 spiro atoms. The number of fused-ring (bicyclic) bond motifs is 10. The first-order valence-electron chi connectivity index (χ1n) is 10.5. The minimum absolute atomic E-state index is 0.0607. The van der Waals surface area contributed by atoms with E-state index in [1.807, 2.05) is 0 Å². The highest BCUT2D eigenvalue weighted by molar-refractivity contribution is 5.86. The van der Waals surface area contributed by atoms with Crippen molar-refractivity contribution in [2.45, 2.75) is 24.7 Å². The number of allylic oxidation sites excluding steroid dienone is 6. The van der Waals surface area contributed by atoms with Crippen molar-refractivity contribution < 1.29 is 0 Å². The molecule has 0 saturated heterocycles. The van der Waals surface area contributed by atoms with Crippen LogP contribution in [0.1, 0.15) is 36.1 Å². The molecule has 0 amide bonds. The lowest BCUT2D eigenvalue weighted by Gasteiger charge is -2.39. The third kappa shape index (κ3) is 1.94. The van der Waals surface area contributed by atoms with E-state index in [1.165, 1.54) is 39.0 Å². The van der Waals surface area contributed by atoms with Crippen molar-refractivity contribution in [3.05, 3.63) is 131 Å². The van der Waals surface area contributed by atoms with E-state index in [0.717, 1.165) is 0 Å². The normalized spacial score (nSPS) is 24.9. The Morgan fingerprint density at radius 1 is 0.690 bits per heavy atom. The van der Waals surface area contributed by atoms with Crippen LogP contribution in [0.3, 0.4) is 0 Å². The van der Waals surface area contributed by atoms with E-state index in [1.54, 1.807) is 0 Å². The summed E-state index contributed by atoms with van der Waals surface area (Å²) < 4.78 is 0. The molecule has 0 aliphatic heterocycles. The van der Waals surface area contributed by atoms with Crippen LogP contribution in [-0.4, -0.2) is 0 Å². The average Bonchev–Trinajstić information content (AvgIpc) is 3.15. The molecule has 2 unspecified atom stereocenters. The summed E-state index contributed by atoms with van der Waals surface area (Å²) in [6.45, 7) is 4.61. The fourth-order valence-electron chi connectivity index (χ4n) is 6.22. The van der Waals surface area contributed by atoms with Crippen molar-refractivity contribution in [2.24, 2.45) is 5.92 Å². The maximum Gasteiger partial charge on any atom is 0.0540 e. The monoisotopic (exact) mass is 372 g/mol. The Kier molecular flexibility index (Phi) is 3.30. The molecule has 0 fully saturated rings. The zero-order valence-electron chi connectivity index (χ0n) is 16.9. The molecule has 140 valence electrons. The van der Waals surface area contributed by atoms with Gasteiger partial charge in [-0.3, -0.25) is 0 Å². The van der Waals surface area contributed by atoms with Gasteiger partial charge in [0.05, 0.1) is 5.41 Å². The van der Waals surface area contributed by atoms with Crippen LogP contribution in [0.25, 0.3) is 11.1 Å². The SMILES string of the molecule is CC1=CC=CC2(C)c3ccccc3C3(c4ccccc4-c4ccccc43)C2C=C1. The van der Waals surface area contributed by atoms with Gasteiger partial charge in [0.15, 0.2) is 0 Å². The number of rotatable bonds is 0. The predicted octanol–water partition coefficient (Wildman–Crippen LogP) is 6.96. The largest absolute Gasteiger partial charge is 0.0784 e. The van der Waals surface area contributed by atoms with E-state index in [4.69, 9.17) is 0 Å². The number of benzene rings is 3. The molecule has 0 radical (unpaired) electrons. The van der Waals surface area contributed by atoms with Crippen molar-refractivity contribution in [1.29, 1.82) is 0 Å². The molecule has 6 rings (SSSR count). The summed E-state index contributed by atoms with van der Waals surface area (Å²) >= 11 is 0. The topological polar surface area (TPSA) is 0 Å². The van der Waals surface area contributed by atoms with Crippen LogP contribution in [0.5, 0.6) is 0 Å². The molecule has 0 nitrogen and oxygen atoms in total. The molecule has 29 heavy (non-hydrogen) atoms. The average molecular weight is 373 g/mol. The van der Waals surface area contributed by atoms with Gasteiger partial charge in [-0.15, -0.1) is 0 Å². The zero-order chi connectivity index (χ0) is 19.6. The van der Waals surface area contributed by atoms with Crippen LogP contribution in [0.4, 0.5) is 0 Å². The quantitative estimate of drug-likeness (QED) is 0.400. The lowest BCUT2D eigenvalue weighted by atomic mass is 9.62. The molecule has 3 aliphatic carbocycles. The zero-order valence-corrected chi connectivity index (χ0v) is 16.9. The summed E-state index contributed by atoms with van der Waals surface area (Å²) in [5.41, 5.74) is 9.65. The van der Waals surface area contributed by atoms with Crippen LogP contribution in [0.2, 0.25) is 0 Å². The van der Waals surface area contributed by atoms with E-state index < -0.39 is 0 Å². The number of hydrogen-bond donors (Lipinski definition) is 0. The number of hydrogen-bond acceptors (Lipinski definition) is 0. The van der Waals surface area contributed by atoms with Crippen molar-refractivity contribution in [2.75, 3.05) is 0 Å². The van der Waals surface area contributed by atoms with Crippen LogP contribution in [-0.2, 0) is 10.8 Å². The lowest BCUT2D eigenvalue weighted by molar-refractivity contribution is 0.375. The van der Waals surface area contributed by atoms with Crippen LogP contribution in [0.15, 0.2) is 109 Å². The van der Waals surface area contributed by atoms with Gasteiger partial charge >= 0.3 is 0 Å². The van der Waals surface area contributed by atoms with Crippen molar-refractivity contribution in [1.82, 2.24) is 0 Å². The second kappa shape index (κ2) is 5.70. The molecule has 3 aromatic carbocycles. The van der Waals surface area contributed by atoms with Crippen LogP contribution >= 0.6 is 0 Å². The fraction of sp³-hybridized carbons (Fsp3) is 0.172. The Morgan fingerprint density at radius 3 is 1.90 bits per heavy atom. The molecule has 2 atom stereocenters. The highest BCUT2D eigenvalue weighted by atomic mass is 14.6. The maximum atomic E-state index is 2.48. The lowest BCUT2D eigenvalue weighted by Crippen LogP contribution is -2.38. The molecule has 0 heterocycles. The van der Waals surface area contributed by atoms with Gasteiger partial charge in [0.1, 0.15) is 0 Å². The van der Waals surface area contributed by atoms with Gasteiger partial charge in [-0.25, -0.2) is 0 Å². The summed E-state index contributed by atoms with van der Waals surface area (Å²) in [6.07, 6.45) is 11.7. The van der Waals surface area contributed by atoms with E-state index in [2.05, 4.69) is 117 Å². The summed E-state index contributed by atoms with van der Waals surface area (Å²) in [4.78, 5) is 0. The molecule has 3 aromatic rings. The van der Waals surface area contributed by atoms with Gasteiger partial charge in [-0.1, -0.05) is 116 Å². The molecule has 0 bridgehead atoms. The highest BCUT2D eigenvalue weighted by Gasteiger charge is 2.60. The highest BCUT2D eigenvalue weighted by Crippen LogP contribution is 2.66. The van der Waals surface area contributed by atoms with Crippen molar-refractivity contribution in [3.8, 4) is 11.1 Å². The molecule has 3 aliphatic rings. The van der Waals surface area contributed by atoms with E-state index in [-0.39, 0.29) is 10.8 Å². The first-order chi connectivity index (χ1) is 14.2. The maximum absolute atomic E-state index is 2.48. The molecular formula is C29H24. The Labute approximate surface area is 172 Å². The minimum Gasteiger partial charge on any atom is -0.0784 e. The van der Waals surface area contributed by atoms with Gasteiger partial charge in [-0.2, -0.15) is 0 Å². The Hall–Kier alpha value is -3.12. The van der Waals surface area contributed by atoms with Gasteiger partial charge < -0.3 is 0 Å². The fourth-order valence-corrected chi connectivity index (χ4v) is 6.22. The summed E-state index contributed by atoms with van der Waals surface area (Å²) in [6, 6.07) is 27.2. The van der Waals surface area contributed by atoms with Gasteiger partial charge in [0.25, 0.3) is 0 Å². The second-order valence-electron chi connectivity index (χ2n) is 8.83. The van der Waals surface area contributed by atoms with Crippen LogP contribution in [0, 0.1) is 5.92 Å². The Morgan fingerprint density at radius 2 is 1.24 bits per heavy atom. The van der Waals surface area contributed by atoms with Gasteiger partial charge in [-0.05, 0) is 40.3 Å². The molecule has 0 aromatic heterocycles. The predicted molar refractivity (Wildman–Crippen MR) is 121 cm³/mol. The van der Waals surface area contributed by atoms with Gasteiger partial charge in [0, 0.05) is 11.3 Å². The van der Waals surface area contributed by atoms with E-state index >= 15 is 0 Å². The van der Waals surface area contributed by atoms with E-state index in [9.17, 15) is 0 Å². The van der Waals surface area contributed by atoms with E-state index in [0.29, 0.717) is 5.92 Å². The standard InChI is InChI=1S/C29H24/c1-20-10-9-19-28(2)25-15-7-8-16-26(25)29(27(28)18-17-20)23-13-5-3-11-21(23)22-12-4-6-14-24(22)29/h3-19,27H,1-2H3. The summed E-state index contributed by atoms with van der Waals surface area (Å²) in [5.74, 6) is 0.317.